The molecule has 2 aromatic carbocycles. The highest BCUT2D eigenvalue weighted by Crippen LogP contribution is 2.25. The number of primary amides is 1. The molecule has 23 heavy (non-hydrogen) atoms. The van der Waals surface area contributed by atoms with Gasteiger partial charge in [-0.05, 0) is 31.2 Å². The summed E-state index contributed by atoms with van der Waals surface area (Å²) in [7, 11) is 1.49. The fraction of sp³-hybridized carbons (Fsp3) is 0.176. The Balaban J connectivity index is 2.14. The molecular weight excluding hydrogens is 296 g/mol. The van der Waals surface area contributed by atoms with E-state index in [0.717, 1.165) is 0 Å². The number of hydrogen-bond acceptors (Lipinski definition) is 4. The molecule has 0 saturated heterocycles. The van der Waals surface area contributed by atoms with Gasteiger partial charge in [0.15, 0.2) is 6.10 Å². The monoisotopic (exact) mass is 314 g/mol. The first kappa shape index (κ1) is 16.4. The highest BCUT2D eigenvalue weighted by atomic mass is 16.5. The van der Waals surface area contributed by atoms with Crippen LogP contribution in [0.1, 0.15) is 17.3 Å². The minimum atomic E-state index is -0.819. The number of nitrogens with two attached hydrogens (primary N) is 1. The molecule has 0 spiro atoms. The van der Waals surface area contributed by atoms with E-state index in [0.29, 0.717) is 11.4 Å². The normalized spacial score (nSPS) is 11.4. The van der Waals surface area contributed by atoms with E-state index < -0.39 is 12.0 Å². The van der Waals surface area contributed by atoms with Crippen LogP contribution < -0.4 is 20.5 Å². The van der Waals surface area contributed by atoms with E-state index in [1.165, 1.54) is 19.2 Å². The molecule has 2 amide bonds. The summed E-state index contributed by atoms with van der Waals surface area (Å²) >= 11 is 0. The summed E-state index contributed by atoms with van der Waals surface area (Å²) in [4.78, 5) is 23.6. The maximum Gasteiger partial charge on any atom is 0.265 e. The largest absolute Gasteiger partial charge is 0.497 e. The molecule has 0 fully saturated rings. The second-order valence-corrected chi connectivity index (χ2v) is 4.84. The first-order valence-electron chi connectivity index (χ1n) is 7.01. The van der Waals surface area contributed by atoms with Crippen LogP contribution in [0.25, 0.3) is 0 Å². The molecule has 3 N–H and O–H groups in total. The van der Waals surface area contributed by atoms with E-state index >= 15 is 0 Å². The SMILES string of the molecule is COc1ccc(C(N)=O)c(OC(C)C(=O)Nc2ccccc2)c1. The Morgan fingerprint density at radius 1 is 1.13 bits per heavy atom. The average Bonchev–Trinajstić information content (AvgIpc) is 2.55. The molecule has 120 valence electrons. The molecule has 1 atom stereocenters. The standard InChI is InChI=1S/C17H18N2O4/c1-11(17(21)19-12-6-4-3-5-7-12)23-15-10-13(22-2)8-9-14(15)16(18)20/h3-11H,1-2H3,(H2,18,20)(H,19,21). The molecule has 2 aromatic rings. The van der Waals surface area contributed by atoms with Crippen molar-refractivity contribution in [2.45, 2.75) is 13.0 Å². The fourth-order valence-electron chi connectivity index (χ4n) is 1.94. The third-order valence-corrected chi connectivity index (χ3v) is 3.17. The Kier molecular flexibility index (Phi) is 5.19. The molecular formula is C17H18N2O4. The summed E-state index contributed by atoms with van der Waals surface area (Å²) in [6.07, 6.45) is -0.819. The molecule has 6 heteroatoms. The summed E-state index contributed by atoms with van der Waals surface area (Å²) < 4.78 is 10.7. The summed E-state index contributed by atoms with van der Waals surface area (Å²) in [5.74, 6) is -0.277. The minimum Gasteiger partial charge on any atom is -0.497 e. The fourth-order valence-corrected chi connectivity index (χ4v) is 1.94. The van der Waals surface area contributed by atoms with Crippen molar-refractivity contribution in [1.82, 2.24) is 0 Å². The van der Waals surface area contributed by atoms with E-state index in [9.17, 15) is 9.59 Å². The molecule has 0 aliphatic carbocycles. The number of anilines is 1. The van der Waals surface area contributed by atoms with E-state index in [2.05, 4.69) is 5.32 Å². The van der Waals surface area contributed by atoms with Gasteiger partial charge >= 0.3 is 0 Å². The van der Waals surface area contributed by atoms with Gasteiger partial charge in [0.2, 0.25) is 0 Å². The van der Waals surface area contributed by atoms with Crippen LogP contribution in [0.2, 0.25) is 0 Å². The van der Waals surface area contributed by atoms with Crippen LogP contribution in [-0.4, -0.2) is 25.0 Å². The lowest BCUT2D eigenvalue weighted by atomic mass is 10.1. The topological polar surface area (TPSA) is 90.7 Å². The molecule has 6 nitrogen and oxygen atoms in total. The van der Waals surface area contributed by atoms with Crippen molar-refractivity contribution in [2.24, 2.45) is 5.73 Å². The zero-order valence-corrected chi connectivity index (χ0v) is 12.9. The van der Waals surface area contributed by atoms with Gasteiger partial charge in [-0.1, -0.05) is 18.2 Å². The van der Waals surface area contributed by atoms with E-state index in [4.69, 9.17) is 15.2 Å². The lowest BCUT2D eigenvalue weighted by Crippen LogP contribution is -2.30. The van der Waals surface area contributed by atoms with Crippen LogP contribution >= 0.6 is 0 Å². The third kappa shape index (κ3) is 4.23. The molecule has 0 bridgehead atoms. The Labute approximate surface area is 134 Å². The molecule has 0 aromatic heterocycles. The van der Waals surface area contributed by atoms with Crippen LogP contribution in [0.15, 0.2) is 48.5 Å². The lowest BCUT2D eigenvalue weighted by Gasteiger charge is -2.17. The zero-order valence-electron chi connectivity index (χ0n) is 12.9. The predicted octanol–water partition coefficient (Wildman–Crippen LogP) is 2.20. The van der Waals surface area contributed by atoms with Gasteiger partial charge < -0.3 is 20.5 Å². The van der Waals surface area contributed by atoms with Gasteiger partial charge in [-0.3, -0.25) is 9.59 Å². The van der Waals surface area contributed by atoms with Crippen molar-refractivity contribution < 1.29 is 19.1 Å². The first-order chi connectivity index (χ1) is 11.0. The summed E-state index contributed by atoms with van der Waals surface area (Å²) in [5, 5.41) is 2.73. The average molecular weight is 314 g/mol. The number of hydrogen-bond donors (Lipinski definition) is 2. The quantitative estimate of drug-likeness (QED) is 0.855. The van der Waals surface area contributed by atoms with Gasteiger partial charge in [-0.2, -0.15) is 0 Å². The van der Waals surface area contributed by atoms with Crippen molar-refractivity contribution in [3.8, 4) is 11.5 Å². The molecule has 0 aliphatic rings. The summed E-state index contributed by atoms with van der Waals surface area (Å²) in [6.45, 7) is 1.59. The van der Waals surface area contributed by atoms with Crippen LogP contribution in [0.3, 0.4) is 0 Å². The van der Waals surface area contributed by atoms with E-state index in [1.807, 2.05) is 18.2 Å². The van der Waals surface area contributed by atoms with Gasteiger partial charge in [-0.25, -0.2) is 0 Å². The van der Waals surface area contributed by atoms with Gasteiger partial charge in [-0.15, -0.1) is 0 Å². The van der Waals surface area contributed by atoms with Crippen molar-refractivity contribution in [1.29, 1.82) is 0 Å². The van der Waals surface area contributed by atoms with Gasteiger partial charge in [0.25, 0.3) is 11.8 Å². The van der Waals surface area contributed by atoms with E-state index in [1.54, 1.807) is 25.1 Å². The predicted molar refractivity (Wildman–Crippen MR) is 86.7 cm³/mol. The third-order valence-electron chi connectivity index (χ3n) is 3.17. The van der Waals surface area contributed by atoms with Crippen LogP contribution in [0.5, 0.6) is 11.5 Å². The number of carbonyl (C=O) groups is 2. The molecule has 1 unspecified atom stereocenters. The van der Waals surface area contributed by atoms with Gasteiger partial charge in [0.05, 0.1) is 12.7 Å². The Bertz CT molecular complexity index is 701. The smallest absolute Gasteiger partial charge is 0.265 e. The first-order valence-corrected chi connectivity index (χ1v) is 7.01. The number of nitrogens with one attached hydrogen (secondary N) is 1. The van der Waals surface area contributed by atoms with Crippen LogP contribution in [0.4, 0.5) is 5.69 Å². The van der Waals surface area contributed by atoms with Crippen LogP contribution in [0, 0.1) is 0 Å². The molecule has 0 saturated carbocycles. The molecule has 0 aliphatic heterocycles. The van der Waals surface area contributed by atoms with E-state index in [-0.39, 0.29) is 17.2 Å². The molecule has 0 heterocycles. The molecule has 2 rings (SSSR count). The van der Waals surface area contributed by atoms with Crippen molar-refractivity contribution >= 4 is 17.5 Å². The second-order valence-electron chi connectivity index (χ2n) is 4.84. The number of amides is 2. The number of para-hydroxylation sites is 1. The van der Waals surface area contributed by atoms with Crippen molar-refractivity contribution in [2.75, 3.05) is 12.4 Å². The molecule has 0 radical (unpaired) electrons. The zero-order chi connectivity index (χ0) is 16.8. The van der Waals surface area contributed by atoms with Crippen molar-refractivity contribution in [3.63, 3.8) is 0 Å². The summed E-state index contributed by atoms with van der Waals surface area (Å²) in [6, 6.07) is 13.6. The van der Waals surface area contributed by atoms with Crippen molar-refractivity contribution in [3.05, 3.63) is 54.1 Å². The Morgan fingerprint density at radius 3 is 2.43 bits per heavy atom. The minimum absolute atomic E-state index is 0.185. The number of carbonyl (C=O) groups excluding carboxylic acids is 2. The lowest BCUT2D eigenvalue weighted by molar-refractivity contribution is -0.122. The Hall–Kier alpha value is -3.02. The second kappa shape index (κ2) is 7.31. The summed E-state index contributed by atoms with van der Waals surface area (Å²) in [5.41, 5.74) is 6.17. The highest BCUT2D eigenvalue weighted by Gasteiger charge is 2.19. The number of methoxy groups -OCH3 is 1. The number of rotatable bonds is 6. The van der Waals surface area contributed by atoms with Crippen LogP contribution in [-0.2, 0) is 4.79 Å². The number of ether oxygens (including phenoxy) is 2. The highest BCUT2D eigenvalue weighted by molar-refractivity contribution is 5.97. The van der Waals surface area contributed by atoms with Gasteiger partial charge in [0, 0.05) is 11.8 Å². The maximum absolute atomic E-state index is 12.2. The number of benzene rings is 2. The Morgan fingerprint density at radius 2 is 1.83 bits per heavy atom. The van der Waals surface area contributed by atoms with Gasteiger partial charge in [0.1, 0.15) is 11.5 Å². The maximum atomic E-state index is 12.2.